The first kappa shape index (κ1) is 10.2. The second-order valence-electron chi connectivity index (χ2n) is 3.52. The standard InChI is InChI=1S/C11H10BrNO2/c1-5-3-9-7(4-8(5)12)6(2)10(15-9)11(13)14/h3-4H,1-2H3,(H2,13,14). The molecule has 1 amide bonds. The van der Waals surface area contributed by atoms with E-state index in [1.54, 1.807) is 0 Å². The maximum Gasteiger partial charge on any atom is 0.284 e. The Morgan fingerprint density at radius 1 is 1.40 bits per heavy atom. The van der Waals surface area contributed by atoms with Crippen molar-refractivity contribution in [2.45, 2.75) is 13.8 Å². The molecule has 2 aromatic rings. The van der Waals surface area contributed by atoms with Crippen LogP contribution < -0.4 is 5.73 Å². The van der Waals surface area contributed by atoms with E-state index in [9.17, 15) is 4.79 Å². The summed E-state index contributed by atoms with van der Waals surface area (Å²) in [5.74, 6) is -0.292. The molecule has 0 aliphatic heterocycles. The zero-order valence-electron chi connectivity index (χ0n) is 8.43. The molecule has 0 saturated carbocycles. The number of halogens is 1. The maximum atomic E-state index is 11.1. The van der Waals surface area contributed by atoms with Gasteiger partial charge in [0.05, 0.1) is 0 Å². The molecule has 78 valence electrons. The van der Waals surface area contributed by atoms with Crippen molar-refractivity contribution in [3.8, 4) is 0 Å². The number of benzene rings is 1. The van der Waals surface area contributed by atoms with E-state index in [0.29, 0.717) is 5.58 Å². The highest BCUT2D eigenvalue weighted by atomic mass is 79.9. The summed E-state index contributed by atoms with van der Waals surface area (Å²) in [4.78, 5) is 11.1. The van der Waals surface area contributed by atoms with Crippen LogP contribution in [0.25, 0.3) is 11.0 Å². The van der Waals surface area contributed by atoms with E-state index in [2.05, 4.69) is 15.9 Å². The molecule has 2 N–H and O–H groups in total. The summed E-state index contributed by atoms with van der Waals surface area (Å²) in [5.41, 5.74) is 7.76. The molecule has 0 atom stereocenters. The molecule has 0 aliphatic rings. The van der Waals surface area contributed by atoms with E-state index in [1.165, 1.54) is 0 Å². The summed E-state index contributed by atoms with van der Waals surface area (Å²) >= 11 is 3.44. The topological polar surface area (TPSA) is 56.2 Å². The van der Waals surface area contributed by atoms with Crippen LogP contribution in [0.2, 0.25) is 0 Å². The van der Waals surface area contributed by atoms with E-state index in [0.717, 1.165) is 21.0 Å². The van der Waals surface area contributed by atoms with Crippen molar-refractivity contribution in [3.05, 3.63) is 33.5 Å². The van der Waals surface area contributed by atoms with Crippen molar-refractivity contribution >= 4 is 32.8 Å². The quantitative estimate of drug-likeness (QED) is 0.864. The predicted octanol–water partition coefficient (Wildman–Crippen LogP) is 2.91. The number of carbonyl (C=O) groups excluding carboxylic acids is 1. The second-order valence-corrected chi connectivity index (χ2v) is 4.37. The first-order valence-corrected chi connectivity index (χ1v) is 5.29. The van der Waals surface area contributed by atoms with Gasteiger partial charge in [0.1, 0.15) is 5.58 Å². The van der Waals surface area contributed by atoms with E-state index in [-0.39, 0.29) is 5.76 Å². The minimum absolute atomic E-state index is 0.238. The third-order valence-electron chi connectivity index (χ3n) is 2.44. The number of hydrogen-bond acceptors (Lipinski definition) is 2. The van der Waals surface area contributed by atoms with Gasteiger partial charge in [0.2, 0.25) is 0 Å². The fraction of sp³-hybridized carbons (Fsp3) is 0.182. The summed E-state index contributed by atoms with van der Waals surface area (Å²) in [6.45, 7) is 3.79. The van der Waals surface area contributed by atoms with Crippen LogP contribution in [0, 0.1) is 13.8 Å². The normalized spacial score (nSPS) is 10.9. The van der Waals surface area contributed by atoms with Crippen LogP contribution >= 0.6 is 15.9 Å². The van der Waals surface area contributed by atoms with Gasteiger partial charge in [-0.25, -0.2) is 0 Å². The van der Waals surface area contributed by atoms with Gasteiger partial charge < -0.3 is 10.2 Å². The number of fused-ring (bicyclic) bond motifs is 1. The number of nitrogens with two attached hydrogens (primary N) is 1. The number of hydrogen-bond donors (Lipinski definition) is 1. The Morgan fingerprint density at radius 3 is 2.67 bits per heavy atom. The zero-order chi connectivity index (χ0) is 11.2. The first-order chi connectivity index (χ1) is 7.00. The smallest absolute Gasteiger partial charge is 0.284 e. The van der Waals surface area contributed by atoms with E-state index >= 15 is 0 Å². The molecule has 0 fully saturated rings. The SMILES string of the molecule is Cc1cc2oc(C(N)=O)c(C)c2cc1Br. The maximum absolute atomic E-state index is 11.1. The highest BCUT2D eigenvalue weighted by molar-refractivity contribution is 9.10. The van der Waals surface area contributed by atoms with Gasteiger partial charge >= 0.3 is 0 Å². The summed E-state index contributed by atoms with van der Waals surface area (Å²) in [6, 6.07) is 3.83. The Labute approximate surface area is 95.4 Å². The van der Waals surface area contributed by atoms with Crippen molar-refractivity contribution in [1.82, 2.24) is 0 Å². The fourth-order valence-corrected chi connectivity index (χ4v) is 1.92. The molecule has 0 radical (unpaired) electrons. The Kier molecular flexibility index (Phi) is 2.31. The molecular formula is C11H10BrNO2. The molecule has 3 nitrogen and oxygen atoms in total. The molecule has 1 aromatic carbocycles. The minimum Gasteiger partial charge on any atom is -0.451 e. The molecule has 1 heterocycles. The van der Waals surface area contributed by atoms with Crippen molar-refractivity contribution in [1.29, 1.82) is 0 Å². The van der Waals surface area contributed by atoms with Crippen LogP contribution in [-0.4, -0.2) is 5.91 Å². The number of carbonyl (C=O) groups is 1. The monoisotopic (exact) mass is 267 g/mol. The van der Waals surface area contributed by atoms with Gasteiger partial charge in [0.25, 0.3) is 5.91 Å². The highest BCUT2D eigenvalue weighted by Gasteiger charge is 2.15. The van der Waals surface area contributed by atoms with Crippen molar-refractivity contribution < 1.29 is 9.21 Å². The predicted molar refractivity (Wildman–Crippen MR) is 61.9 cm³/mol. The average Bonchev–Trinajstić information content (AvgIpc) is 2.46. The van der Waals surface area contributed by atoms with Gasteiger partial charge in [0, 0.05) is 15.4 Å². The van der Waals surface area contributed by atoms with Gasteiger partial charge in [-0.3, -0.25) is 4.79 Å². The van der Waals surface area contributed by atoms with Crippen molar-refractivity contribution in [2.75, 3.05) is 0 Å². The van der Waals surface area contributed by atoms with Crippen LogP contribution in [0.5, 0.6) is 0 Å². The lowest BCUT2D eigenvalue weighted by Crippen LogP contribution is -2.10. The number of rotatable bonds is 1. The molecule has 2 rings (SSSR count). The molecule has 4 heteroatoms. The Hall–Kier alpha value is -1.29. The molecule has 1 aromatic heterocycles. The molecule has 0 aliphatic carbocycles. The van der Waals surface area contributed by atoms with Gasteiger partial charge in [0.15, 0.2) is 5.76 Å². The lowest BCUT2D eigenvalue weighted by atomic mass is 10.1. The van der Waals surface area contributed by atoms with Crippen LogP contribution in [0.4, 0.5) is 0 Å². The van der Waals surface area contributed by atoms with Crippen molar-refractivity contribution in [3.63, 3.8) is 0 Å². The molecule has 0 bridgehead atoms. The zero-order valence-corrected chi connectivity index (χ0v) is 10.0. The van der Waals surface area contributed by atoms with E-state index < -0.39 is 5.91 Å². The van der Waals surface area contributed by atoms with E-state index in [4.69, 9.17) is 10.2 Å². The van der Waals surface area contributed by atoms with Gasteiger partial charge in [-0.15, -0.1) is 0 Å². The van der Waals surface area contributed by atoms with Crippen LogP contribution in [0.15, 0.2) is 21.0 Å². The summed E-state index contributed by atoms with van der Waals surface area (Å²) in [5, 5.41) is 0.918. The molecule has 0 unspecified atom stereocenters. The van der Waals surface area contributed by atoms with Gasteiger partial charge in [-0.2, -0.15) is 0 Å². The molecule has 0 spiro atoms. The van der Waals surface area contributed by atoms with Gasteiger partial charge in [-0.1, -0.05) is 15.9 Å². The Balaban J connectivity index is 2.83. The molecular weight excluding hydrogens is 258 g/mol. The number of amides is 1. The third-order valence-corrected chi connectivity index (χ3v) is 3.30. The largest absolute Gasteiger partial charge is 0.451 e. The lowest BCUT2D eigenvalue weighted by molar-refractivity contribution is 0.0975. The molecule has 15 heavy (non-hydrogen) atoms. The third kappa shape index (κ3) is 1.55. The summed E-state index contributed by atoms with van der Waals surface area (Å²) in [7, 11) is 0. The Bertz CT molecular complexity index is 557. The van der Waals surface area contributed by atoms with Crippen molar-refractivity contribution in [2.24, 2.45) is 5.73 Å². The Morgan fingerprint density at radius 2 is 2.07 bits per heavy atom. The lowest BCUT2D eigenvalue weighted by Gasteiger charge is -1.96. The van der Waals surface area contributed by atoms with Gasteiger partial charge in [-0.05, 0) is 31.5 Å². The van der Waals surface area contributed by atoms with Crippen LogP contribution in [-0.2, 0) is 0 Å². The van der Waals surface area contributed by atoms with E-state index in [1.807, 2.05) is 26.0 Å². The van der Waals surface area contributed by atoms with Crippen LogP contribution in [0.1, 0.15) is 21.7 Å². The second kappa shape index (κ2) is 3.38. The highest BCUT2D eigenvalue weighted by Crippen LogP contribution is 2.30. The fourth-order valence-electron chi connectivity index (χ4n) is 1.58. The number of furan rings is 1. The first-order valence-electron chi connectivity index (χ1n) is 4.49. The minimum atomic E-state index is -0.530. The summed E-state index contributed by atoms with van der Waals surface area (Å²) in [6.07, 6.45) is 0. The van der Waals surface area contributed by atoms with Crippen LogP contribution in [0.3, 0.4) is 0 Å². The number of primary amides is 1. The number of aryl methyl sites for hydroxylation is 2. The summed E-state index contributed by atoms with van der Waals surface area (Å²) < 4.78 is 6.40. The average molecular weight is 268 g/mol. The molecule has 0 saturated heterocycles.